The standard InChI is InChI=1S/C11H18N2/c1-2-10-8-13(9-12-10)11-6-4-3-5-7-11/h8-9,11H,2-7H2,1H3. The van der Waals surface area contributed by atoms with Gasteiger partial charge in [0.15, 0.2) is 0 Å². The van der Waals surface area contributed by atoms with Gasteiger partial charge in [-0.15, -0.1) is 0 Å². The molecule has 2 rings (SSSR count). The molecule has 1 aliphatic carbocycles. The van der Waals surface area contributed by atoms with Crippen molar-refractivity contribution in [2.45, 2.75) is 51.5 Å². The van der Waals surface area contributed by atoms with E-state index in [1.807, 2.05) is 6.33 Å². The Morgan fingerprint density at radius 3 is 2.77 bits per heavy atom. The Balaban J connectivity index is 2.05. The fraction of sp³-hybridized carbons (Fsp3) is 0.727. The molecular weight excluding hydrogens is 160 g/mol. The van der Waals surface area contributed by atoms with Gasteiger partial charge in [-0.2, -0.15) is 0 Å². The Hall–Kier alpha value is -0.790. The van der Waals surface area contributed by atoms with E-state index in [-0.39, 0.29) is 0 Å². The van der Waals surface area contributed by atoms with Crippen molar-refractivity contribution in [3.63, 3.8) is 0 Å². The lowest BCUT2D eigenvalue weighted by molar-refractivity contribution is 0.353. The zero-order chi connectivity index (χ0) is 9.10. The molecule has 2 nitrogen and oxygen atoms in total. The SMILES string of the molecule is CCc1cn(C2CCCCC2)cn1. The van der Waals surface area contributed by atoms with E-state index in [1.165, 1.54) is 37.8 Å². The van der Waals surface area contributed by atoms with Crippen LogP contribution in [-0.4, -0.2) is 9.55 Å². The molecule has 1 saturated carbocycles. The molecule has 0 N–H and O–H groups in total. The third kappa shape index (κ3) is 1.93. The molecule has 0 aliphatic heterocycles. The summed E-state index contributed by atoms with van der Waals surface area (Å²) in [6.45, 7) is 2.16. The predicted octanol–water partition coefficient (Wildman–Crippen LogP) is 2.95. The first-order chi connectivity index (χ1) is 6.40. The average molecular weight is 178 g/mol. The van der Waals surface area contributed by atoms with Crippen LogP contribution in [0.4, 0.5) is 0 Å². The summed E-state index contributed by atoms with van der Waals surface area (Å²) in [5.74, 6) is 0. The smallest absolute Gasteiger partial charge is 0.0951 e. The Labute approximate surface area is 80.0 Å². The van der Waals surface area contributed by atoms with Crippen molar-refractivity contribution in [3.8, 4) is 0 Å². The third-order valence-electron chi connectivity index (χ3n) is 3.01. The molecular formula is C11H18N2. The van der Waals surface area contributed by atoms with Crippen molar-refractivity contribution in [2.24, 2.45) is 0 Å². The highest BCUT2D eigenvalue weighted by atomic mass is 15.1. The first-order valence-corrected chi connectivity index (χ1v) is 5.42. The van der Waals surface area contributed by atoms with Gasteiger partial charge in [0.2, 0.25) is 0 Å². The molecule has 0 atom stereocenters. The van der Waals surface area contributed by atoms with Gasteiger partial charge in [-0.3, -0.25) is 0 Å². The Morgan fingerprint density at radius 2 is 2.15 bits per heavy atom. The number of hydrogen-bond donors (Lipinski definition) is 0. The van der Waals surface area contributed by atoms with Crippen LogP contribution >= 0.6 is 0 Å². The number of aromatic nitrogens is 2. The zero-order valence-electron chi connectivity index (χ0n) is 8.37. The number of hydrogen-bond acceptors (Lipinski definition) is 1. The van der Waals surface area contributed by atoms with Gasteiger partial charge >= 0.3 is 0 Å². The summed E-state index contributed by atoms with van der Waals surface area (Å²) < 4.78 is 2.32. The van der Waals surface area contributed by atoms with Gasteiger partial charge < -0.3 is 4.57 Å². The Kier molecular flexibility index (Phi) is 2.67. The summed E-state index contributed by atoms with van der Waals surface area (Å²) in [4.78, 5) is 4.37. The highest BCUT2D eigenvalue weighted by Gasteiger charge is 2.14. The summed E-state index contributed by atoms with van der Waals surface area (Å²) in [6.07, 6.45) is 12.2. The van der Waals surface area contributed by atoms with Crippen molar-refractivity contribution in [1.29, 1.82) is 0 Å². The van der Waals surface area contributed by atoms with Crippen LogP contribution in [0.1, 0.15) is 50.8 Å². The average Bonchev–Trinajstić information content (AvgIpc) is 2.67. The molecule has 72 valence electrons. The fourth-order valence-electron chi connectivity index (χ4n) is 2.14. The maximum absolute atomic E-state index is 4.37. The van der Waals surface area contributed by atoms with Crippen LogP contribution in [0.2, 0.25) is 0 Å². The molecule has 1 aliphatic rings. The van der Waals surface area contributed by atoms with Gasteiger partial charge in [0.25, 0.3) is 0 Å². The van der Waals surface area contributed by atoms with E-state index in [9.17, 15) is 0 Å². The first kappa shape index (κ1) is 8.79. The first-order valence-electron chi connectivity index (χ1n) is 5.42. The van der Waals surface area contributed by atoms with Gasteiger partial charge in [-0.1, -0.05) is 26.2 Å². The fourth-order valence-corrected chi connectivity index (χ4v) is 2.14. The molecule has 0 bridgehead atoms. The second kappa shape index (κ2) is 3.95. The maximum atomic E-state index is 4.37. The van der Waals surface area contributed by atoms with Gasteiger partial charge in [0.05, 0.1) is 12.0 Å². The summed E-state index contributed by atoms with van der Waals surface area (Å²) >= 11 is 0. The third-order valence-corrected chi connectivity index (χ3v) is 3.01. The normalized spacial score (nSPS) is 19.2. The van der Waals surface area contributed by atoms with Crippen LogP contribution in [0.3, 0.4) is 0 Å². The lowest BCUT2D eigenvalue weighted by atomic mass is 9.95. The molecule has 13 heavy (non-hydrogen) atoms. The molecule has 1 fully saturated rings. The summed E-state index contributed by atoms with van der Waals surface area (Å²) in [7, 11) is 0. The number of imidazole rings is 1. The number of aryl methyl sites for hydroxylation is 1. The van der Waals surface area contributed by atoms with Gasteiger partial charge in [-0.25, -0.2) is 4.98 Å². The largest absolute Gasteiger partial charge is 0.334 e. The number of rotatable bonds is 2. The Morgan fingerprint density at radius 1 is 1.38 bits per heavy atom. The number of nitrogens with zero attached hydrogens (tertiary/aromatic N) is 2. The van der Waals surface area contributed by atoms with Gasteiger partial charge in [-0.05, 0) is 19.3 Å². The van der Waals surface area contributed by atoms with E-state index in [4.69, 9.17) is 0 Å². The minimum absolute atomic E-state index is 0.738. The summed E-state index contributed by atoms with van der Waals surface area (Å²) in [5.41, 5.74) is 1.23. The molecule has 0 radical (unpaired) electrons. The molecule has 2 heteroatoms. The molecule has 0 aromatic carbocycles. The lowest BCUT2D eigenvalue weighted by Gasteiger charge is -2.22. The van der Waals surface area contributed by atoms with Crippen LogP contribution in [-0.2, 0) is 6.42 Å². The molecule has 0 unspecified atom stereocenters. The molecule has 0 saturated heterocycles. The van der Waals surface area contributed by atoms with Crippen molar-refractivity contribution in [3.05, 3.63) is 18.2 Å². The van der Waals surface area contributed by atoms with Crippen molar-refractivity contribution in [2.75, 3.05) is 0 Å². The Bertz CT molecular complexity index is 259. The van der Waals surface area contributed by atoms with Crippen LogP contribution < -0.4 is 0 Å². The molecule has 1 heterocycles. The van der Waals surface area contributed by atoms with E-state index in [1.54, 1.807) is 0 Å². The summed E-state index contributed by atoms with van der Waals surface area (Å²) in [5, 5.41) is 0. The van der Waals surface area contributed by atoms with Crippen LogP contribution in [0, 0.1) is 0 Å². The van der Waals surface area contributed by atoms with Crippen LogP contribution in [0.15, 0.2) is 12.5 Å². The molecule has 1 aromatic heterocycles. The summed E-state index contributed by atoms with van der Waals surface area (Å²) in [6, 6.07) is 0.738. The van der Waals surface area contributed by atoms with E-state index in [2.05, 4.69) is 22.7 Å². The lowest BCUT2D eigenvalue weighted by Crippen LogP contribution is -2.10. The van der Waals surface area contributed by atoms with Gasteiger partial charge in [0, 0.05) is 12.2 Å². The molecule has 0 spiro atoms. The second-order valence-electron chi connectivity index (χ2n) is 3.96. The minimum atomic E-state index is 0.738. The van der Waals surface area contributed by atoms with Crippen molar-refractivity contribution >= 4 is 0 Å². The minimum Gasteiger partial charge on any atom is -0.334 e. The predicted molar refractivity (Wildman–Crippen MR) is 53.7 cm³/mol. The maximum Gasteiger partial charge on any atom is 0.0951 e. The highest BCUT2D eigenvalue weighted by Crippen LogP contribution is 2.27. The monoisotopic (exact) mass is 178 g/mol. The quantitative estimate of drug-likeness (QED) is 0.680. The zero-order valence-corrected chi connectivity index (χ0v) is 8.37. The van der Waals surface area contributed by atoms with E-state index >= 15 is 0 Å². The van der Waals surface area contributed by atoms with E-state index < -0.39 is 0 Å². The van der Waals surface area contributed by atoms with E-state index in [0.717, 1.165) is 12.5 Å². The molecule has 0 amide bonds. The van der Waals surface area contributed by atoms with Crippen molar-refractivity contribution in [1.82, 2.24) is 9.55 Å². The van der Waals surface area contributed by atoms with E-state index in [0.29, 0.717) is 0 Å². The molecule has 1 aromatic rings. The van der Waals surface area contributed by atoms with Crippen molar-refractivity contribution < 1.29 is 0 Å². The van der Waals surface area contributed by atoms with Crippen LogP contribution in [0.25, 0.3) is 0 Å². The topological polar surface area (TPSA) is 17.8 Å². The highest BCUT2D eigenvalue weighted by molar-refractivity contribution is 4.97. The van der Waals surface area contributed by atoms with Gasteiger partial charge in [0.1, 0.15) is 0 Å². The second-order valence-corrected chi connectivity index (χ2v) is 3.96. The van der Waals surface area contributed by atoms with Crippen LogP contribution in [0.5, 0.6) is 0 Å².